The molecule has 0 aromatic carbocycles. The van der Waals surface area contributed by atoms with Gasteiger partial charge in [0, 0.05) is 6.20 Å². The monoisotopic (exact) mass is 251 g/mol. The molecule has 96 valence electrons. The topological polar surface area (TPSA) is 33.1 Å². The van der Waals surface area contributed by atoms with E-state index < -0.39 is 30.2 Å². The Bertz CT molecular complexity index is 390. The van der Waals surface area contributed by atoms with E-state index in [4.69, 9.17) is 0 Å². The minimum Gasteiger partial charge on any atom is -0.386 e. The molecule has 0 spiro atoms. The quantitative estimate of drug-likeness (QED) is 0.836. The van der Waals surface area contributed by atoms with Gasteiger partial charge in [0.25, 0.3) is 0 Å². The Kier molecular flexibility index (Phi) is 4.08. The Morgan fingerprint density at radius 2 is 1.94 bits per heavy atom. The molecule has 0 fully saturated rings. The molecule has 1 atom stereocenters. The molecular weight excluding hydrogens is 238 g/mol. The van der Waals surface area contributed by atoms with Crippen molar-refractivity contribution in [1.82, 2.24) is 4.98 Å². The van der Waals surface area contributed by atoms with Gasteiger partial charge in [0.1, 0.15) is 17.6 Å². The van der Waals surface area contributed by atoms with Crippen LogP contribution >= 0.6 is 0 Å². The summed E-state index contributed by atoms with van der Waals surface area (Å²) in [6.45, 7) is 3.62. The second-order valence-electron chi connectivity index (χ2n) is 4.13. The lowest BCUT2D eigenvalue weighted by Crippen LogP contribution is -2.15. The van der Waals surface area contributed by atoms with Gasteiger partial charge in [0.05, 0.1) is 6.42 Å². The van der Waals surface area contributed by atoms with Crippen molar-refractivity contribution in [2.75, 3.05) is 0 Å². The SMILES string of the molecule is CC(C)c1cnc(C(O)CC(F)(F)F)c(F)c1. The first kappa shape index (κ1) is 13.9. The minimum absolute atomic E-state index is 0.0193. The van der Waals surface area contributed by atoms with Crippen molar-refractivity contribution in [3.05, 3.63) is 29.3 Å². The van der Waals surface area contributed by atoms with Gasteiger partial charge in [-0.25, -0.2) is 4.39 Å². The Morgan fingerprint density at radius 1 is 1.35 bits per heavy atom. The number of aliphatic hydroxyl groups is 1. The predicted octanol–water partition coefficient (Wildman–Crippen LogP) is 3.33. The van der Waals surface area contributed by atoms with Crippen LogP contribution in [0, 0.1) is 5.82 Å². The van der Waals surface area contributed by atoms with Gasteiger partial charge in [0.2, 0.25) is 0 Å². The molecule has 1 N–H and O–H groups in total. The van der Waals surface area contributed by atoms with Crippen LogP contribution in [0.3, 0.4) is 0 Å². The first-order chi connectivity index (χ1) is 7.70. The van der Waals surface area contributed by atoms with Crippen molar-refractivity contribution in [1.29, 1.82) is 0 Å². The summed E-state index contributed by atoms with van der Waals surface area (Å²) in [5.41, 5.74) is 0.0113. The third-order valence-corrected chi connectivity index (χ3v) is 2.30. The molecule has 1 aromatic rings. The van der Waals surface area contributed by atoms with Crippen molar-refractivity contribution in [3.63, 3.8) is 0 Å². The normalized spacial score (nSPS) is 14.1. The largest absolute Gasteiger partial charge is 0.391 e. The number of halogens is 4. The van der Waals surface area contributed by atoms with E-state index in [2.05, 4.69) is 4.98 Å². The Balaban J connectivity index is 2.92. The molecule has 0 aliphatic heterocycles. The van der Waals surface area contributed by atoms with Gasteiger partial charge < -0.3 is 5.11 Å². The number of aromatic nitrogens is 1. The van der Waals surface area contributed by atoms with E-state index in [1.54, 1.807) is 0 Å². The van der Waals surface area contributed by atoms with Gasteiger partial charge in [-0.3, -0.25) is 4.98 Å². The molecule has 0 saturated carbocycles. The van der Waals surface area contributed by atoms with Crippen molar-refractivity contribution in [2.45, 2.75) is 38.5 Å². The average Bonchev–Trinajstić information content (AvgIpc) is 2.14. The summed E-state index contributed by atoms with van der Waals surface area (Å²) < 4.78 is 49.5. The van der Waals surface area contributed by atoms with Crippen molar-refractivity contribution < 1.29 is 22.7 Å². The van der Waals surface area contributed by atoms with Crippen LogP contribution in [0.5, 0.6) is 0 Å². The van der Waals surface area contributed by atoms with Gasteiger partial charge in [-0.2, -0.15) is 13.2 Å². The lowest BCUT2D eigenvalue weighted by molar-refractivity contribution is -0.154. The number of rotatable bonds is 3. The second-order valence-corrected chi connectivity index (χ2v) is 4.13. The number of aliphatic hydroxyl groups excluding tert-OH is 1. The maximum absolute atomic E-state index is 13.4. The molecule has 0 bridgehead atoms. The highest BCUT2D eigenvalue weighted by Crippen LogP contribution is 2.30. The predicted molar refractivity (Wildman–Crippen MR) is 53.9 cm³/mol. The molecular formula is C11H13F4NO. The van der Waals surface area contributed by atoms with Crippen LogP contribution in [0.15, 0.2) is 12.3 Å². The van der Waals surface area contributed by atoms with Crippen LogP contribution in [0.1, 0.15) is 43.5 Å². The van der Waals surface area contributed by atoms with Gasteiger partial charge in [-0.1, -0.05) is 13.8 Å². The van der Waals surface area contributed by atoms with Crippen molar-refractivity contribution in [3.8, 4) is 0 Å². The summed E-state index contributed by atoms with van der Waals surface area (Å²) in [5.74, 6) is -0.890. The summed E-state index contributed by atoms with van der Waals surface area (Å²) in [4.78, 5) is 3.56. The molecule has 17 heavy (non-hydrogen) atoms. The first-order valence-electron chi connectivity index (χ1n) is 5.11. The fourth-order valence-electron chi connectivity index (χ4n) is 1.34. The van der Waals surface area contributed by atoms with E-state index in [-0.39, 0.29) is 5.92 Å². The first-order valence-corrected chi connectivity index (χ1v) is 5.11. The Morgan fingerprint density at radius 3 is 2.35 bits per heavy atom. The molecule has 2 nitrogen and oxygen atoms in total. The van der Waals surface area contributed by atoms with E-state index in [0.717, 1.165) is 6.07 Å². The number of nitrogens with zero attached hydrogens (tertiary/aromatic N) is 1. The Hall–Kier alpha value is -1.17. The highest BCUT2D eigenvalue weighted by atomic mass is 19.4. The minimum atomic E-state index is -4.55. The third kappa shape index (κ3) is 3.96. The summed E-state index contributed by atoms with van der Waals surface area (Å²) in [6.07, 6.45) is -6.73. The highest BCUT2D eigenvalue weighted by molar-refractivity contribution is 5.20. The Labute approximate surface area is 96.3 Å². The van der Waals surface area contributed by atoms with Crippen LogP contribution in [-0.2, 0) is 0 Å². The molecule has 1 aromatic heterocycles. The van der Waals surface area contributed by atoms with Crippen molar-refractivity contribution in [2.24, 2.45) is 0 Å². The van der Waals surface area contributed by atoms with Gasteiger partial charge in [-0.15, -0.1) is 0 Å². The van der Waals surface area contributed by atoms with E-state index in [9.17, 15) is 22.7 Å². The number of hydrogen-bond donors (Lipinski definition) is 1. The molecule has 1 rings (SSSR count). The summed E-state index contributed by atoms with van der Waals surface area (Å²) in [7, 11) is 0. The molecule has 6 heteroatoms. The van der Waals surface area contributed by atoms with Crippen LogP contribution in [0.4, 0.5) is 17.6 Å². The van der Waals surface area contributed by atoms with Crippen LogP contribution in [0.2, 0.25) is 0 Å². The van der Waals surface area contributed by atoms with Gasteiger partial charge >= 0.3 is 6.18 Å². The lowest BCUT2D eigenvalue weighted by Gasteiger charge is -2.14. The van der Waals surface area contributed by atoms with Gasteiger partial charge in [-0.05, 0) is 17.5 Å². The maximum atomic E-state index is 13.4. The van der Waals surface area contributed by atoms with E-state index in [0.29, 0.717) is 5.56 Å². The van der Waals surface area contributed by atoms with E-state index >= 15 is 0 Å². The fraction of sp³-hybridized carbons (Fsp3) is 0.545. The van der Waals surface area contributed by atoms with Crippen LogP contribution < -0.4 is 0 Å². The summed E-state index contributed by atoms with van der Waals surface area (Å²) in [5, 5.41) is 9.24. The smallest absolute Gasteiger partial charge is 0.386 e. The molecule has 0 amide bonds. The summed E-state index contributed by atoms with van der Waals surface area (Å²) >= 11 is 0. The second kappa shape index (κ2) is 5.00. The number of hydrogen-bond acceptors (Lipinski definition) is 2. The molecule has 0 radical (unpaired) electrons. The molecule has 0 aliphatic carbocycles. The van der Waals surface area contributed by atoms with Gasteiger partial charge in [0.15, 0.2) is 0 Å². The zero-order chi connectivity index (χ0) is 13.2. The molecule has 0 aliphatic rings. The number of alkyl halides is 3. The lowest BCUT2D eigenvalue weighted by atomic mass is 10.0. The zero-order valence-electron chi connectivity index (χ0n) is 9.42. The zero-order valence-corrected chi connectivity index (χ0v) is 9.42. The van der Waals surface area contributed by atoms with Crippen LogP contribution in [0.25, 0.3) is 0 Å². The number of pyridine rings is 1. The van der Waals surface area contributed by atoms with E-state index in [1.165, 1.54) is 6.20 Å². The molecule has 0 saturated heterocycles. The average molecular weight is 251 g/mol. The maximum Gasteiger partial charge on any atom is 0.391 e. The van der Waals surface area contributed by atoms with Crippen LogP contribution in [-0.4, -0.2) is 16.3 Å². The standard InChI is InChI=1S/C11H13F4NO/c1-6(2)7-3-8(12)10(16-5-7)9(17)4-11(13,14)15/h3,5-6,9,17H,4H2,1-2H3. The molecule has 1 unspecified atom stereocenters. The highest BCUT2D eigenvalue weighted by Gasteiger charge is 2.33. The fourth-order valence-corrected chi connectivity index (χ4v) is 1.34. The van der Waals surface area contributed by atoms with E-state index in [1.807, 2.05) is 13.8 Å². The van der Waals surface area contributed by atoms with Crippen molar-refractivity contribution >= 4 is 0 Å². The molecule has 1 heterocycles. The third-order valence-electron chi connectivity index (χ3n) is 2.30. The summed E-state index contributed by atoms with van der Waals surface area (Å²) in [6, 6.07) is 1.10.